The van der Waals surface area contributed by atoms with Crippen molar-refractivity contribution in [2.75, 3.05) is 0 Å². The average molecular weight is 373 g/mol. The lowest BCUT2D eigenvalue weighted by Gasteiger charge is -2.17. The van der Waals surface area contributed by atoms with Gasteiger partial charge in [0.15, 0.2) is 5.75 Å². The van der Waals surface area contributed by atoms with Gasteiger partial charge in [0.1, 0.15) is 5.56 Å². The highest BCUT2D eigenvalue weighted by Gasteiger charge is 2.36. The number of carboxylic acid groups (broad SMARTS) is 1. The predicted molar refractivity (Wildman–Crippen MR) is 92.0 cm³/mol. The van der Waals surface area contributed by atoms with E-state index < -0.39 is 34.5 Å². The smallest absolute Gasteiger partial charge is 0.418 e. The quantitative estimate of drug-likeness (QED) is 0.692. The Hall–Kier alpha value is -3.09. The first-order valence-electron chi connectivity index (χ1n) is 8.30. The molecule has 0 spiro atoms. The number of hydrogen-bond acceptors (Lipinski definition) is 3. The normalized spacial score (nSPS) is 14.5. The van der Waals surface area contributed by atoms with E-state index in [1.54, 1.807) is 0 Å². The van der Waals surface area contributed by atoms with Gasteiger partial charge in [-0.2, -0.15) is 13.2 Å². The Balaban J connectivity index is 1.97. The van der Waals surface area contributed by atoms with Gasteiger partial charge in [-0.05, 0) is 30.0 Å². The Morgan fingerprint density at radius 2 is 1.67 bits per heavy atom. The van der Waals surface area contributed by atoms with Crippen LogP contribution in [-0.4, -0.2) is 21.2 Å². The molecule has 1 heterocycles. The van der Waals surface area contributed by atoms with E-state index in [-0.39, 0.29) is 17.0 Å². The Labute approximate surface area is 151 Å². The van der Waals surface area contributed by atoms with Crippen molar-refractivity contribution in [1.29, 1.82) is 0 Å². The largest absolute Gasteiger partial charge is 0.505 e. The van der Waals surface area contributed by atoms with Crippen LogP contribution in [0.1, 0.15) is 38.7 Å². The summed E-state index contributed by atoms with van der Waals surface area (Å²) in [5.74, 6) is -2.44. The highest BCUT2D eigenvalue weighted by Crippen LogP contribution is 2.42. The zero-order chi connectivity index (χ0) is 19.3. The number of fused-ring (bicyclic) bond motifs is 2. The van der Waals surface area contributed by atoms with Gasteiger partial charge in [0.2, 0.25) is 0 Å². The average Bonchev–Trinajstić information content (AvgIpc) is 3.03. The van der Waals surface area contributed by atoms with Crippen LogP contribution in [0.4, 0.5) is 13.2 Å². The third kappa shape index (κ3) is 2.79. The molecule has 27 heavy (non-hydrogen) atoms. The molecule has 138 valence electrons. The van der Waals surface area contributed by atoms with Crippen LogP contribution in [0.5, 0.6) is 5.75 Å². The van der Waals surface area contributed by atoms with Crippen molar-refractivity contribution in [1.82, 2.24) is 4.98 Å². The van der Waals surface area contributed by atoms with Gasteiger partial charge in [-0.25, -0.2) is 9.78 Å². The second kappa shape index (κ2) is 5.97. The second-order valence-electron chi connectivity index (χ2n) is 6.60. The number of aromatic hydroxyl groups is 1. The summed E-state index contributed by atoms with van der Waals surface area (Å²) >= 11 is 0. The molecule has 4 rings (SSSR count). The van der Waals surface area contributed by atoms with Crippen LogP contribution < -0.4 is 0 Å². The molecule has 7 heteroatoms. The summed E-state index contributed by atoms with van der Waals surface area (Å²) < 4.78 is 40.3. The topological polar surface area (TPSA) is 70.4 Å². The Bertz CT molecular complexity index is 1050. The molecule has 2 N–H and O–H groups in total. The molecular formula is C20H14F3NO3. The molecule has 0 bridgehead atoms. The summed E-state index contributed by atoms with van der Waals surface area (Å²) in [6, 6.07) is 10.8. The number of para-hydroxylation sites is 1. The first-order valence-corrected chi connectivity index (χ1v) is 8.30. The maximum Gasteiger partial charge on any atom is 0.418 e. The molecule has 0 saturated carbocycles. The van der Waals surface area contributed by atoms with Crippen LogP contribution in [0.15, 0.2) is 42.5 Å². The van der Waals surface area contributed by atoms with E-state index in [2.05, 4.69) is 4.98 Å². The monoisotopic (exact) mass is 373 g/mol. The molecule has 0 fully saturated rings. The van der Waals surface area contributed by atoms with E-state index in [9.17, 15) is 28.2 Å². The molecule has 1 aliphatic carbocycles. The minimum atomic E-state index is -4.69. The highest BCUT2D eigenvalue weighted by atomic mass is 19.4. The third-order valence-electron chi connectivity index (χ3n) is 4.97. The van der Waals surface area contributed by atoms with Crippen molar-refractivity contribution in [3.63, 3.8) is 0 Å². The Morgan fingerprint density at radius 1 is 1.04 bits per heavy atom. The lowest BCUT2D eigenvalue weighted by atomic mass is 9.95. The van der Waals surface area contributed by atoms with Crippen molar-refractivity contribution in [2.45, 2.75) is 24.9 Å². The van der Waals surface area contributed by atoms with Crippen LogP contribution >= 0.6 is 0 Å². The van der Waals surface area contributed by atoms with Crippen molar-refractivity contribution in [3.05, 3.63) is 70.4 Å². The van der Waals surface area contributed by atoms with Crippen LogP contribution in [0.2, 0.25) is 0 Å². The Morgan fingerprint density at radius 3 is 2.22 bits per heavy atom. The van der Waals surface area contributed by atoms with E-state index in [4.69, 9.17) is 0 Å². The fourth-order valence-corrected chi connectivity index (χ4v) is 3.78. The number of carboxylic acids is 1. The van der Waals surface area contributed by atoms with Gasteiger partial charge in [-0.15, -0.1) is 0 Å². The van der Waals surface area contributed by atoms with Gasteiger partial charge >= 0.3 is 12.1 Å². The van der Waals surface area contributed by atoms with Crippen LogP contribution in [0.3, 0.4) is 0 Å². The van der Waals surface area contributed by atoms with E-state index in [1.807, 2.05) is 24.3 Å². The fourth-order valence-electron chi connectivity index (χ4n) is 3.78. The highest BCUT2D eigenvalue weighted by molar-refractivity contribution is 6.06. The van der Waals surface area contributed by atoms with Gasteiger partial charge in [-0.3, -0.25) is 0 Å². The third-order valence-corrected chi connectivity index (χ3v) is 4.97. The molecule has 0 atom stereocenters. The first kappa shape index (κ1) is 17.3. The maximum absolute atomic E-state index is 13.4. The number of alkyl halides is 3. The lowest BCUT2D eigenvalue weighted by molar-refractivity contribution is -0.136. The number of benzene rings is 2. The van der Waals surface area contributed by atoms with Crippen LogP contribution in [0.25, 0.3) is 10.9 Å². The summed E-state index contributed by atoms with van der Waals surface area (Å²) in [5.41, 5.74) is 0.0184. The van der Waals surface area contributed by atoms with Crippen LogP contribution in [-0.2, 0) is 19.0 Å². The van der Waals surface area contributed by atoms with Crippen molar-refractivity contribution < 1.29 is 28.2 Å². The zero-order valence-corrected chi connectivity index (χ0v) is 13.9. The van der Waals surface area contributed by atoms with Crippen molar-refractivity contribution in [2.24, 2.45) is 0 Å². The molecular weight excluding hydrogens is 359 g/mol. The SMILES string of the molecule is O=C(O)c1c(O)c(C2Cc3ccccc3C2)nc2c(C(F)(F)F)cccc12. The van der Waals surface area contributed by atoms with Gasteiger partial charge in [0, 0.05) is 11.3 Å². The molecule has 1 aliphatic rings. The van der Waals surface area contributed by atoms with Crippen LogP contribution in [0, 0.1) is 0 Å². The predicted octanol–water partition coefficient (Wildman–Crippen LogP) is 4.54. The lowest BCUT2D eigenvalue weighted by Crippen LogP contribution is -2.12. The van der Waals surface area contributed by atoms with Gasteiger partial charge in [0.05, 0.1) is 16.8 Å². The van der Waals surface area contributed by atoms with E-state index in [1.165, 1.54) is 6.07 Å². The molecule has 0 unspecified atom stereocenters. The minimum Gasteiger partial charge on any atom is -0.505 e. The number of hydrogen-bond donors (Lipinski definition) is 2. The van der Waals surface area contributed by atoms with Gasteiger partial charge < -0.3 is 10.2 Å². The fraction of sp³-hybridized carbons (Fsp3) is 0.200. The molecule has 0 radical (unpaired) electrons. The zero-order valence-electron chi connectivity index (χ0n) is 13.9. The van der Waals surface area contributed by atoms with Crippen molar-refractivity contribution in [3.8, 4) is 5.75 Å². The maximum atomic E-state index is 13.4. The van der Waals surface area contributed by atoms with Crippen molar-refractivity contribution >= 4 is 16.9 Å². The molecule has 2 aromatic carbocycles. The standard InChI is InChI=1S/C20H14F3NO3/c21-20(22,23)14-7-3-6-13-15(19(26)27)18(25)16(24-17(13)14)12-8-10-4-1-2-5-11(10)9-12/h1-7,12,25H,8-9H2,(H,26,27). The summed E-state index contributed by atoms with van der Waals surface area (Å²) in [6.45, 7) is 0. The number of nitrogens with zero attached hydrogens (tertiary/aromatic N) is 1. The summed E-state index contributed by atoms with van der Waals surface area (Å²) in [7, 11) is 0. The number of aromatic carboxylic acids is 1. The minimum absolute atomic E-state index is 0.00667. The number of aromatic nitrogens is 1. The Kier molecular flexibility index (Phi) is 3.83. The number of pyridine rings is 1. The van der Waals surface area contributed by atoms with E-state index in [0.717, 1.165) is 23.3 Å². The number of rotatable bonds is 2. The molecule has 3 aromatic rings. The van der Waals surface area contributed by atoms with E-state index >= 15 is 0 Å². The number of halogens is 3. The first-order chi connectivity index (χ1) is 12.8. The van der Waals surface area contributed by atoms with Gasteiger partial charge in [-0.1, -0.05) is 36.4 Å². The second-order valence-corrected chi connectivity index (χ2v) is 6.60. The number of carbonyl (C=O) groups is 1. The van der Waals surface area contributed by atoms with Gasteiger partial charge in [0.25, 0.3) is 0 Å². The molecule has 0 saturated heterocycles. The van der Waals surface area contributed by atoms with E-state index in [0.29, 0.717) is 12.8 Å². The molecule has 4 nitrogen and oxygen atoms in total. The molecule has 1 aromatic heterocycles. The summed E-state index contributed by atoms with van der Waals surface area (Å²) in [5, 5.41) is 19.9. The molecule has 0 amide bonds. The summed E-state index contributed by atoms with van der Waals surface area (Å²) in [4.78, 5) is 15.8. The summed E-state index contributed by atoms with van der Waals surface area (Å²) in [6.07, 6.45) is -3.72. The molecule has 0 aliphatic heterocycles.